The van der Waals surface area contributed by atoms with Crippen LogP contribution < -0.4 is 4.74 Å². The summed E-state index contributed by atoms with van der Waals surface area (Å²) in [6, 6.07) is 10.6. The summed E-state index contributed by atoms with van der Waals surface area (Å²) in [4.78, 5) is 17.9. The Bertz CT molecular complexity index is 637. The number of ether oxygens (including phenoxy) is 1. The molecule has 21 heavy (non-hydrogen) atoms. The van der Waals surface area contributed by atoms with Gasteiger partial charge in [-0.2, -0.15) is 0 Å². The normalized spacial score (nSPS) is 10.2. The summed E-state index contributed by atoms with van der Waals surface area (Å²) in [6.07, 6.45) is 1.63. The fraction of sp³-hybridized carbons (Fsp3) is 0.200. The minimum absolute atomic E-state index is 0.107. The van der Waals surface area contributed by atoms with Crippen molar-refractivity contribution in [2.24, 2.45) is 0 Å². The van der Waals surface area contributed by atoms with E-state index in [2.05, 4.69) is 20.9 Å². The van der Waals surface area contributed by atoms with E-state index in [4.69, 9.17) is 16.3 Å². The van der Waals surface area contributed by atoms with Gasteiger partial charge >= 0.3 is 0 Å². The van der Waals surface area contributed by atoms with E-state index >= 15 is 0 Å². The highest BCUT2D eigenvalue weighted by molar-refractivity contribution is 9.10. The average molecular weight is 370 g/mol. The van der Waals surface area contributed by atoms with Crippen molar-refractivity contribution in [3.8, 4) is 5.75 Å². The zero-order chi connectivity index (χ0) is 15.2. The Balaban J connectivity index is 1.89. The molecule has 6 heteroatoms. The highest BCUT2D eigenvalue weighted by atomic mass is 79.9. The molecule has 0 aliphatic heterocycles. The first kappa shape index (κ1) is 15.8. The molecule has 2 rings (SSSR count). The van der Waals surface area contributed by atoms with Crippen LogP contribution in [0, 0.1) is 0 Å². The number of likely N-dealkylation sites (N-methyl/N-ethyl adjacent to an activating group) is 1. The lowest BCUT2D eigenvalue weighted by molar-refractivity contribution is 0.0772. The maximum Gasteiger partial charge on any atom is 0.256 e. The van der Waals surface area contributed by atoms with Crippen LogP contribution in [0.2, 0.25) is 5.02 Å². The van der Waals surface area contributed by atoms with Crippen molar-refractivity contribution in [3.05, 3.63) is 57.8 Å². The van der Waals surface area contributed by atoms with Crippen LogP contribution in [0.4, 0.5) is 0 Å². The van der Waals surface area contributed by atoms with Gasteiger partial charge in [0.2, 0.25) is 0 Å². The zero-order valence-corrected chi connectivity index (χ0v) is 13.8. The molecule has 0 aliphatic rings. The lowest BCUT2D eigenvalue weighted by Gasteiger charge is -2.18. The predicted molar refractivity (Wildman–Crippen MR) is 85.8 cm³/mol. The third kappa shape index (κ3) is 4.44. The summed E-state index contributed by atoms with van der Waals surface area (Å²) < 4.78 is 6.11. The third-order valence-corrected chi connectivity index (χ3v) is 3.69. The molecule has 4 nitrogen and oxygen atoms in total. The molecule has 1 aromatic carbocycles. The lowest BCUT2D eigenvalue weighted by atomic mass is 10.2. The number of amides is 1. The molecule has 0 spiro atoms. The van der Waals surface area contributed by atoms with Crippen LogP contribution in [0.3, 0.4) is 0 Å². The van der Waals surface area contributed by atoms with Gasteiger partial charge in [0, 0.05) is 18.3 Å². The molecular formula is C15H14BrClN2O2. The van der Waals surface area contributed by atoms with Gasteiger partial charge in [0.05, 0.1) is 12.1 Å². The highest BCUT2D eigenvalue weighted by Crippen LogP contribution is 2.17. The van der Waals surface area contributed by atoms with Gasteiger partial charge in [0.15, 0.2) is 0 Å². The monoisotopic (exact) mass is 368 g/mol. The van der Waals surface area contributed by atoms with Crippen molar-refractivity contribution < 1.29 is 9.53 Å². The standard InChI is InChI=1S/C15H14BrClN2O2/c1-19(15(20)13-6-3-7-18-14(13)16)8-9-21-12-5-2-4-11(17)10-12/h2-7,10H,8-9H2,1H3. The number of aromatic nitrogens is 1. The highest BCUT2D eigenvalue weighted by Gasteiger charge is 2.15. The number of carbonyl (C=O) groups is 1. The van der Waals surface area contributed by atoms with E-state index in [1.807, 2.05) is 12.1 Å². The zero-order valence-electron chi connectivity index (χ0n) is 11.4. The summed E-state index contributed by atoms with van der Waals surface area (Å²) in [5.41, 5.74) is 0.530. The Morgan fingerprint density at radius 1 is 1.38 bits per heavy atom. The fourth-order valence-corrected chi connectivity index (χ4v) is 2.31. The van der Waals surface area contributed by atoms with Crippen molar-refractivity contribution in [3.63, 3.8) is 0 Å². The Morgan fingerprint density at radius 2 is 2.19 bits per heavy atom. The molecule has 0 saturated carbocycles. The predicted octanol–water partition coefficient (Wildman–Crippen LogP) is 3.65. The van der Waals surface area contributed by atoms with E-state index in [1.165, 1.54) is 0 Å². The summed E-state index contributed by atoms with van der Waals surface area (Å²) >= 11 is 9.15. The van der Waals surface area contributed by atoms with Crippen molar-refractivity contribution in [1.29, 1.82) is 0 Å². The third-order valence-electron chi connectivity index (χ3n) is 2.83. The molecule has 0 fully saturated rings. The van der Waals surface area contributed by atoms with E-state index in [0.29, 0.717) is 34.1 Å². The molecule has 0 N–H and O–H groups in total. The summed E-state index contributed by atoms with van der Waals surface area (Å²) in [5.74, 6) is 0.579. The van der Waals surface area contributed by atoms with Gasteiger partial charge in [-0.3, -0.25) is 4.79 Å². The second kappa shape index (κ2) is 7.43. The number of rotatable bonds is 5. The molecule has 1 aromatic heterocycles. The van der Waals surface area contributed by atoms with Crippen LogP contribution in [-0.2, 0) is 0 Å². The van der Waals surface area contributed by atoms with Crippen LogP contribution in [-0.4, -0.2) is 36.0 Å². The molecular weight excluding hydrogens is 356 g/mol. The molecule has 0 bridgehead atoms. The first-order valence-electron chi connectivity index (χ1n) is 6.32. The molecule has 110 valence electrons. The van der Waals surface area contributed by atoms with Gasteiger partial charge in [-0.1, -0.05) is 17.7 Å². The van der Waals surface area contributed by atoms with Gasteiger partial charge < -0.3 is 9.64 Å². The molecule has 0 atom stereocenters. The van der Waals surface area contributed by atoms with Crippen LogP contribution in [0.5, 0.6) is 5.75 Å². The Hall–Kier alpha value is -1.59. The van der Waals surface area contributed by atoms with E-state index in [-0.39, 0.29) is 5.91 Å². The number of nitrogens with zero attached hydrogens (tertiary/aromatic N) is 2. The van der Waals surface area contributed by atoms with Crippen molar-refractivity contribution >= 4 is 33.4 Å². The second-order valence-corrected chi connectivity index (χ2v) is 5.56. The van der Waals surface area contributed by atoms with Gasteiger partial charge in [0.1, 0.15) is 17.0 Å². The molecule has 1 amide bonds. The largest absolute Gasteiger partial charge is 0.492 e. The first-order chi connectivity index (χ1) is 10.1. The maximum absolute atomic E-state index is 12.2. The number of pyridine rings is 1. The second-order valence-electron chi connectivity index (χ2n) is 4.37. The maximum atomic E-state index is 12.2. The van der Waals surface area contributed by atoms with Crippen LogP contribution in [0.15, 0.2) is 47.2 Å². The lowest BCUT2D eigenvalue weighted by Crippen LogP contribution is -2.31. The molecule has 1 heterocycles. The average Bonchev–Trinajstić information content (AvgIpc) is 2.47. The summed E-state index contributed by atoms with van der Waals surface area (Å²) in [5, 5.41) is 0.622. The van der Waals surface area contributed by atoms with Gasteiger partial charge in [-0.15, -0.1) is 0 Å². The van der Waals surface area contributed by atoms with E-state index in [0.717, 1.165) is 0 Å². The minimum Gasteiger partial charge on any atom is -0.492 e. The van der Waals surface area contributed by atoms with Gasteiger partial charge in [-0.25, -0.2) is 4.98 Å². The molecule has 0 saturated heterocycles. The van der Waals surface area contributed by atoms with Gasteiger partial charge in [-0.05, 0) is 46.3 Å². The number of carbonyl (C=O) groups excluding carboxylic acids is 1. The molecule has 0 aliphatic carbocycles. The molecule has 2 aromatic rings. The SMILES string of the molecule is CN(CCOc1cccc(Cl)c1)C(=O)c1cccnc1Br. The van der Waals surface area contributed by atoms with Crippen LogP contribution in [0.25, 0.3) is 0 Å². The van der Waals surface area contributed by atoms with Gasteiger partial charge in [0.25, 0.3) is 5.91 Å². The van der Waals surface area contributed by atoms with E-state index in [1.54, 1.807) is 42.4 Å². The smallest absolute Gasteiger partial charge is 0.256 e. The number of benzene rings is 1. The summed E-state index contributed by atoms with van der Waals surface area (Å²) in [6.45, 7) is 0.854. The fourth-order valence-electron chi connectivity index (χ4n) is 1.71. The minimum atomic E-state index is -0.107. The number of hydrogen-bond acceptors (Lipinski definition) is 3. The van der Waals surface area contributed by atoms with Crippen molar-refractivity contribution in [1.82, 2.24) is 9.88 Å². The Labute approximate surface area is 136 Å². The Morgan fingerprint density at radius 3 is 2.90 bits per heavy atom. The first-order valence-corrected chi connectivity index (χ1v) is 7.49. The van der Waals surface area contributed by atoms with E-state index in [9.17, 15) is 4.79 Å². The number of halogens is 2. The molecule has 0 unspecified atom stereocenters. The quantitative estimate of drug-likeness (QED) is 0.756. The van der Waals surface area contributed by atoms with Crippen LogP contribution in [0.1, 0.15) is 10.4 Å². The number of hydrogen-bond donors (Lipinski definition) is 0. The van der Waals surface area contributed by atoms with Crippen molar-refractivity contribution in [2.75, 3.05) is 20.2 Å². The Kier molecular flexibility index (Phi) is 5.59. The van der Waals surface area contributed by atoms with Crippen molar-refractivity contribution in [2.45, 2.75) is 0 Å². The molecule has 0 radical (unpaired) electrons. The summed E-state index contributed by atoms with van der Waals surface area (Å²) in [7, 11) is 1.73. The van der Waals surface area contributed by atoms with E-state index < -0.39 is 0 Å². The van der Waals surface area contributed by atoms with Crippen LogP contribution >= 0.6 is 27.5 Å². The topological polar surface area (TPSA) is 42.4 Å².